The van der Waals surface area contributed by atoms with Gasteiger partial charge in [-0.3, -0.25) is 14.4 Å². The van der Waals surface area contributed by atoms with Crippen LogP contribution in [-0.2, 0) is 32.1 Å². The molecular weight excluding hydrogens is 429 g/mol. The first-order valence-corrected chi connectivity index (χ1v) is 23.1. The van der Waals surface area contributed by atoms with E-state index in [1.54, 1.807) is 0 Å². The number of Topliss-reactive ketones (excluding diaryl/α,β-unsaturated/α-hetero) is 3. The molecule has 0 unspecified atom stereocenters. The highest BCUT2D eigenvalue weighted by molar-refractivity contribution is 6.75. The highest BCUT2D eigenvalue weighted by Gasteiger charge is 2.75. The molecule has 0 aromatic carbocycles. The summed E-state index contributed by atoms with van der Waals surface area (Å²) in [6.07, 6.45) is 0. The van der Waals surface area contributed by atoms with E-state index >= 15 is 0 Å². The molecule has 0 saturated heterocycles. The Morgan fingerprint density at radius 3 is 0.786 bits per heavy atom. The summed E-state index contributed by atoms with van der Waals surface area (Å²) in [5.74, 6) is -7.46. The molecule has 0 atom stereocenters. The van der Waals surface area contributed by atoms with E-state index in [0.29, 0.717) is 0 Å². The quantitative estimate of drug-likeness (QED) is 0.235. The van der Waals surface area contributed by atoms with Crippen LogP contribution in [0.5, 0.6) is 0 Å². The van der Waals surface area contributed by atoms with Crippen molar-refractivity contribution in [3.05, 3.63) is 0 Å². The molecule has 0 heterocycles. The topological polar surface area (TPSA) is 88.1 Å². The summed E-state index contributed by atoms with van der Waals surface area (Å²) in [5, 5.41) is 0. The first kappa shape index (κ1) is 25.8. The average Bonchev–Trinajstić information content (AvgIpc) is 2.46. The zero-order valence-corrected chi connectivity index (χ0v) is 23.4. The van der Waals surface area contributed by atoms with Crippen LogP contribution in [0.4, 0.5) is 0 Å². The minimum atomic E-state index is -2.47. The fourth-order valence-corrected chi connectivity index (χ4v) is 7.38. The van der Waals surface area contributed by atoms with E-state index < -0.39 is 62.2 Å². The first-order chi connectivity index (χ1) is 12.0. The van der Waals surface area contributed by atoms with E-state index in [1.807, 2.05) is 78.6 Å². The summed E-state index contributed by atoms with van der Waals surface area (Å²) < 4.78 is 24.2. The van der Waals surface area contributed by atoms with E-state index in [9.17, 15) is 14.4 Å². The number of hydrogen-bond acceptors (Lipinski definition) is 7. The molecule has 0 aliphatic heterocycles. The third-order valence-electron chi connectivity index (χ3n) is 3.20. The average molecular weight is 465 g/mol. The highest BCUT2D eigenvalue weighted by Crippen LogP contribution is 2.42. The lowest BCUT2D eigenvalue weighted by Crippen LogP contribution is -2.62. The maximum Gasteiger partial charge on any atom is 0.286 e. The Morgan fingerprint density at radius 2 is 0.643 bits per heavy atom. The van der Waals surface area contributed by atoms with Crippen LogP contribution in [0.2, 0.25) is 78.6 Å². The molecule has 7 nitrogen and oxygen atoms in total. The van der Waals surface area contributed by atoms with Crippen LogP contribution in [-0.4, -0.2) is 62.2 Å². The normalized spacial score (nSPS) is 20.8. The molecule has 0 amide bonds. The molecule has 1 fully saturated rings. The molecule has 0 bridgehead atoms. The van der Waals surface area contributed by atoms with Crippen molar-refractivity contribution >= 4 is 50.6 Å². The fraction of sp³-hybridized carbons (Fsp3) is 0.824. The maximum atomic E-state index is 13.8. The van der Waals surface area contributed by atoms with Gasteiger partial charge in [-0.15, -0.1) is 0 Å². The van der Waals surface area contributed by atoms with Gasteiger partial charge in [0.2, 0.25) is 0 Å². The molecule has 0 spiro atoms. The van der Waals surface area contributed by atoms with Crippen LogP contribution in [0.25, 0.3) is 0 Å². The lowest BCUT2D eigenvalue weighted by Gasteiger charge is -2.40. The summed E-state index contributed by atoms with van der Waals surface area (Å²) in [4.78, 5) is 40.4. The third kappa shape index (κ3) is 5.87. The minimum absolute atomic E-state index is 0.857. The summed E-state index contributed by atoms with van der Waals surface area (Å²) in [6.45, 7) is 22.1. The fourth-order valence-electron chi connectivity index (χ4n) is 2.86. The van der Waals surface area contributed by atoms with Gasteiger partial charge in [0, 0.05) is 0 Å². The Labute approximate surface area is 173 Å². The van der Waals surface area contributed by atoms with Gasteiger partial charge in [0.15, 0.2) is 33.3 Å². The van der Waals surface area contributed by atoms with E-state index in [4.69, 9.17) is 17.7 Å². The lowest BCUT2D eigenvalue weighted by molar-refractivity contribution is -0.190. The van der Waals surface area contributed by atoms with Crippen LogP contribution in [0.15, 0.2) is 0 Å². The zero-order valence-electron chi connectivity index (χ0n) is 19.4. The van der Waals surface area contributed by atoms with Gasteiger partial charge in [-0.1, -0.05) is 0 Å². The van der Waals surface area contributed by atoms with Crippen molar-refractivity contribution in [2.75, 3.05) is 0 Å². The molecular formula is C17H36O7Si4. The third-order valence-corrected chi connectivity index (χ3v) is 6.80. The Morgan fingerprint density at radius 1 is 0.464 bits per heavy atom. The van der Waals surface area contributed by atoms with Crippen LogP contribution >= 0.6 is 0 Å². The molecule has 0 aromatic heterocycles. The number of carbonyl (C=O) groups excluding carboxylic acids is 3. The Bertz CT molecular complexity index is 575. The monoisotopic (exact) mass is 464 g/mol. The molecule has 0 N–H and O–H groups in total. The molecule has 1 aliphatic rings. The SMILES string of the molecule is C[Si](C)(C)OC1(O[Si](C)(C)C)C(=O)C(=O)C(O[Si](C)(C)C)(O[Si](C)(C)C)C1=O. The van der Waals surface area contributed by atoms with Crippen molar-refractivity contribution in [2.24, 2.45) is 0 Å². The van der Waals surface area contributed by atoms with E-state index in [2.05, 4.69) is 0 Å². The van der Waals surface area contributed by atoms with Crippen LogP contribution in [0, 0.1) is 0 Å². The standard InChI is InChI=1S/C17H36O7Si4/c1-25(2,3)21-16(22-26(4,5)6)13(18)14(19)17(15(16)20,23-27(7,8)9)24-28(10,11)12/h1-12H3. The second kappa shape index (κ2) is 7.45. The van der Waals surface area contributed by atoms with Gasteiger partial charge in [-0.05, 0) is 78.6 Å². The number of rotatable bonds is 8. The second-order valence-corrected chi connectivity index (χ2v) is 28.8. The Kier molecular flexibility index (Phi) is 6.85. The van der Waals surface area contributed by atoms with Crippen molar-refractivity contribution in [3.8, 4) is 0 Å². The largest absolute Gasteiger partial charge is 0.380 e. The number of carbonyl (C=O) groups is 3. The van der Waals surface area contributed by atoms with E-state index in [1.165, 1.54) is 0 Å². The first-order valence-electron chi connectivity index (χ1n) is 9.50. The highest BCUT2D eigenvalue weighted by atomic mass is 28.4. The predicted octanol–water partition coefficient (Wildman–Crippen LogP) is 3.51. The molecule has 0 radical (unpaired) electrons. The Hall–Kier alpha value is -0.282. The predicted molar refractivity (Wildman–Crippen MR) is 118 cm³/mol. The summed E-state index contributed by atoms with van der Waals surface area (Å²) in [6, 6.07) is 0. The smallest absolute Gasteiger partial charge is 0.286 e. The molecule has 1 saturated carbocycles. The molecule has 162 valence electrons. The maximum absolute atomic E-state index is 13.8. The van der Waals surface area contributed by atoms with Gasteiger partial charge in [0.25, 0.3) is 28.9 Å². The summed E-state index contributed by atoms with van der Waals surface area (Å²) in [7, 11) is -9.89. The van der Waals surface area contributed by atoms with Crippen LogP contribution in [0.1, 0.15) is 0 Å². The van der Waals surface area contributed by atoms with Crippen LogP contribution in [0.3, 0.4) is 0 Å². The van der Waals surface area contributed by atoms with Gasteiger partial charge >= 0.3 is 0 Å². The van der Waals surface area contributed by atoms with Crippen molar-refractivity contribution in [1.29, 1.82) is 0 Å². The van der Waals surface area contributed by atoms with Gasteiger partial charge < -0.3 is 17.7 Å². The van der Waals surface area contributed by atoms with Gasteiger partial charge in [-0.2, -0.15) is 0 Å². The van der Waals surface area contributed by atoms with Crippen molar-refractivity contribution in [1.82, 2.24) is 0 Å². The zero-order chi connectivity index (χ0) is 22.6. The van der Waals surface area contributed by atoms with E-state index in [-0.39, 0.29) is 0 Å². The van der Waals surface area contributed by atoms with Gasteiger partial charge in [0.1, 0.15) is 0 Å². The van der Waals surface area contributed by atoms with Gasteiger partial charge in [-0.25, -0.2) is 0 Å². The summed E-state index contributed by atoms with van der Waals surface area (Å²) >= 11 is 0. The minimum Gasteiger partial charge on any atom is -0.380 e. The van der Waals surface area contributed by atoms with Crippen molar-refractivity contribution in [3.63, 3.8) is 0 Å². The number of ketones is 3. The van der Waals surface area contributed by atoms with Gasteiger partial charge in [0.05, 0.1) is 0 Å². The molecule has 1 aliphatic carbocycles. The second-order valence-electron chi connectivity index (χ2n) is 11.1. The molecule has 28 heavy (non-hydrogen) atoms. The summed E-state index contributed by atoms with van der Waals surface area (Å²) in [5.41, 5.74) is 0. The van der Waals surface area contributed by atoms with Crippen molar-refractivity contribution in [2.45, 2.75) is 90.1 Å². The van der Waals surface area contributed by atoms with Crippen molar-refractivity contribution < 1.29 is 32.1 Å². The molecule has 1 rings (SSSR count). The molecule has 11 heteroatoms. The number of hydrogen-bond donors (Lipinski definition) is 0. The van der Waals surface area contributed by atoms with Crippen LogP contribution < -0.4 is 0 Å². The lowest BCUT2D eigenvalue weighted by atomic mass is 10.2. The molecule has 0 aromatic rings. The Balaban J connectivity index is 3.76. The van der Waals surface area contributed by atoms with E-state index in [0.717, 1.165) is 0 Å².